The first-order valence-electron chi connectivity index (χ1n) is 12.2. The second-order valence-electron chi connectivity index (χ2n) is 11.0. The molecule has 3 saturated carbocycles. The molecule has 2 N–H and O–H groups in total. The summed E-state index contributed by atoms with van der Waals surface area (Å²) in [6.07, 6.45) is 9.35. The minimum Gasteiger partial charge on any atom is -0.390 e. The highest BCUT2D eigenvalue weighted by Crippen LogP contribution is 2.56. The molecule has 4 aliphatic rings. The summed E-state index contributed by atoms with van der Waals surface area (Å²) in [6, 6.07) is 11.1. The highest BCUT2D eigenvalue weighted by molar-refractivity contribution is 5.84. The van der Waals surface area contributed by atoms with E-state index in [0.717, 1.165) is 44.4 Å². The predicted octanol–water partition coefficient (Wildman–Crippen LogP) is 4.27. The fraction of sp³-hybridized carbons (Fsp3) is 0.731. The topological polar surface area (TPSA) is 52.6 Å². The van der Waals surface area contributed by atoms with Gasteiger partial charge in [0.05, 0.1) is 11.6 Å². The molecule has 7 atom stereocenters. The number of carbonyl (C=O) groups is 1. The lowest BCUT2D eigenvalue weighted by Gasteiger charge is -2.55. The minimum atomic E-state index is -0.616. The summed E-state index contributed by atoms with van der Waals surface area (Å²) in [5.41, 5.74) is 0.485. The lowest BCUT2D eigenvalue weighted by molar-refractivity contribution is -0.149. The van der Waals surface area contributed by atoms with Gasteiger partial charge in [-0.1, -0.05) is 50.1 Å². The fourth-order valence-corrected chi connectivity index (χ4v) is 7.37. The molecule has 0 aromatic heterocycles. The summed E-state index contributed by atoms with van der Waals surface area (Å²) in [6.45, 7) is 5.05. The van der Waals surface area contributed by atoms with Crippen LogP contribution in [0.5, 0.6) is 0 Å². The van der Waals surface area contributed by atoms with Crippen molar-refractivity contribution in [1.29, 1.82) is 0 Å². The fourth-order valence-electron chi connectivity index (χ4n) is 7.37. The summed E-state index contributed by atoms with van der Waals surface area (Å²) in [7, 11) is 0. The van der Waals surface area contributed by atoms with Crippen molar-refractivity contribution < 1.29 is 9.90 Å². The molecule has 1 heterocycles. The number of aliphatic hydroxyl groups is 1. The molecule has 164 valence electrons. The van der Waals surface area contributed by atoms with Crippen molar-refractivity contribution in [1.82, 2.24) is 10.2 Å². The second-order valence-corrected chi connectivity index (χ2v) is 11.0. The Hall–Kier alpha value is -1.39. The maximum Gasteiger partial charge on any atom is 0.240 e. The SMILES string of the molecule is CCC1(O)CC2CCCC(C(NCc3ccccc3)C(=O)N3C(C)CC4CC43)(C2)C1. The van der Waals surface area contributed by atoms with E-state index in [9.17, 15) is 9.90 Å². The van der Waals surface area contributed by atoms with Crippen LogP contribution in [-0.4, -0.2) is 39.6 Å². The van der Waals surface area contributed by atoms with Crippen LogP contribution in [0.25, 0.3) is 0 Å². The van der Waals surface area contributed by atoms with Crippen molar-refractivity contribution in [3.05, 3.63) is 35.9 Å². The highest BCUT2D eigenvalue weighted by atomic mass is 16.3. The Bertz CT molecular complexity index is 780. The third-order valence-corrected chi connectivity index (χ3v) is 8.82. The van der Waals surface area contributed by atoms with Crippen molar-refractivity contribution in [3.63, 3.8) is 0 Å². The van der Waals surface area contributed by atoms with Gasteiger partial charge in [-0.25, -0.2) is 0 Å². The molecule has 1 aliphatic heterocycles. The molecule has 3 aliphatic carbocycles. The van der Waals surface area contributed by atoms with Gasteiger partial charge in [0.2, 0.25) is 5.91 Å². The number of likely N-dealkylation sites (tertiary alicyclic amines) is 1. The lowest BCUT2D eigenvalue weighted by Crippen LogP contribution is -2.62. The van der Waals surface area contributed by atoms with E-state index in [4.69, 9.17) is 0 Å². The van der Waals surface area contributed by atoms with E-state index in [2.05, 4.69) is 48.3 Å². The van der Waals surface area contributed by atoms with Crippen LogP contribution in [0.2, 0.25) is 0 Å². The zero-order valence-electron chi connectivity index (χ0n) is 18.6. The molecule has 0 radical (unpaired) electrons. The van der Waals surface area contributed by atoms with Crippen LogP contribution in [0.4, 0.5) is 0 Å². The van der Waals surface area contributed by atoms with E-state index in [1.165, 1.54) is 24.8 Å². The van der Waals surface area contributed by atoms with E-state index in [1.807, 2.05) is 6.07 Å². The first-order valence-corrected chi connectivity index (χ1v) is 12.2. The summed E-state index contributed by atoms with van der Waals surface area (Å²) in [5.74, 6) is 1.59. The van der Waals surface area contributed by atoms with Gasteiger partial charge in [-0.3, -0.25) is 4.79 Å². The van der Waals surface area contributed by atoms with E-state index >= 15 is 0 Å². The van der Waals surface area contributed by atoms with E-state index in [0.29, 0.717) is 30.5 Å². The molecule has 2 bridgehead atoms. The van der Waals surface area contributed by atoms with Crippen LogP contribution < -0.4 is 5.32 Å². The number of piperidine rings is 1. The largest absolute Gasteiger partial charge is 0.390 e. The van der Waals surface area contributed by atoms with Crippen molar-refractivity contribution >= 4 is 5.91 Å². The molecule has 1 aromatic carbocycles. The Morgan fingerprint density at radius 2 is 2.07 bits per heavy atom. The van der Waals surface area contributed by atoms with Gasteiger partial charge in [-0.05, 0) is 74.7 Å². The van der Waals surface area contributed by atoms with Gasteiger partial charge in [0, 0.05) is 18.6 Å². The smallest absolute Gasteiger partial charge is 0.240 e. The van der Waals surface area contributed by atoms with E-state index < -0.39 is 5.60 Å². The monoisotopic (exact) mass is 410 g/mol. The van der Waals surface area contributed by atoms with E-state index in [-0.39, 0.29) is 11.5 Å². The minimum absolute atomic E-state index is 0.121. The maximum atomic E-state index is 14.1. The van der Waals surface area contributed by atoms with Crippen molar-refractivity contribution in [2.75, 3.05) is 0 Å². The number of amides is 1. The Morgan fingerprint density at radius 3 is 2.77 bits per heavy atom. The second kappa shape index (κ2) is 7.63. The quantitative estimate of drug-likeness (QED) is 0.737. The molecule has 1 saturated heterocycles. The van der Waals surface area contributed by atoms with E-state index in [1.54, 1.807) is 0 Å². The number of hydrogen-bond acceptors (Lipinski definition) is 3. The van der Waals surface area contributed by atoms with Crippen LogP contribution >= 0.6 is 0 Å². The van der Waals surface area contributed by atoms with Crippen molar-refractivity contribution in [2.45, 2.75) is 102 Å². The zero-order chi connectivity index (χ0) is 20.9. The molecule has 4 nitrogen and oxygen atoms in total. The molecule has 1 aromatic rings. The van der Waals surface area contributed by atoms with Gasteiger partial charge in [-0.15, -0.1) is 0 Å². The Morgan fingerprint density at radius 1 is 1.27 bits per heavy atom. The Labute approximate surface area is 181 Å². The number of carbonyl (C=O) groups excluding carboxylic acids is 1. The van der Waals surface area contributed by atoms with Gasteiger partial charge in [0.25, 0.3) is 0 Å². The number of nitrogens with zero attached hydrogens (tertiary/aromatic N) is 1. The molecule has 1 amide bonds. The number of nitrogens with one attached hydrogen (secondary N) is 1. The van der Waals surface area contributed by atoms with Crippen molar-refractivity contribution in [2.24, 2.45) is 17.3 Å². The molecule has 30 heavy (non-hydrogen) atoms. The van der Waals surface area contributed by atoms with Crippen LogP contribution in [-0.2, 0) is 11.3 Å². The third kappa shape index (κ3) is 3.60. The van der Waals surface area contributed by atoms with Crippen LogP contribution in [0.3, 0.4) is 0 Å². The van der Waals surface area contributed by atoms with Gasteiger partial charge in [-0.2, -0.15) is 0 Å². The van der Waals surface area contributed by atoms with Crippen LogP contribution in [0.15, 0.2) is 30.3 Å². The number of benzene rings is 1. The normalized spacial score (nSPS) is 40.7. The lowest BCUT2D eigenvalue weighted by atomic mass is 9.54. The number of hydrogen-bond donors (Lipinski definition) is 2. The Balaban J connectivity index is 1.45. The average molecular weight is 411 g/mol. The van der Waals surface area contributed by atoms with Crippen molar-refractivity contribution in [3.8, 4) is 0 Å². The highest BCUT2D eigenvalue weighted by Gasteiger charge is 2.58. The van der Waals surface area contributed by atoms with Gasteiger partial charge < -0.3 is 15.3 Å². The van der Waals surface area contributed by atoms with Crippen LogP contribution in [0, 0.1) is 17.3 Å². The summed E-state index contributed by atoms with van der Waals surface area (Å²) in [5, 5.41) is 15.1. The average Bonchev–Trinajstić information content (AvgIpc) is 3.39. The predicted molar refractivity (Wildman–Crippen MR) is 119 cm³/mol. The number of fused-ring (bicyclic) bond motifs is 3. The molecular formula is C26H38N2O2. The third-order valence-electron chi connectivity index (χ3n) is 8.82. The summed E-state index contributed by atoms with van der Waals surface area (Å²) in [4.78, 5) is 16.3. The van der Waals surface area contributed by atoms with Crippen LogP contribution in [0.1, 0.15) is 77.2 Å². The first kappa shape index (κ1) is 20.5. The first-order chi connectivity index (χ1) is 14.4. The molecule has 0 spiro atoms. The van der Waals surface area contributed by atoms with Gasteiger partial charge >= 0.3 is 0 Å². The van der Waals surface area contributed by atoms with Gasteiger partial charge in [0.1, 0.15) is 0 Å². The Kier molecular flexibility index (Phi) is 5.22. The molecule has 7 unspecified atom stereocenters. The molecule has 4 fully saturated rings. The van der Waals surface area contributed by atoms with Gasteiger partial charge in [0.15, 0.2) is 0 Å². The zero-order valence-corrected chi connectivity index (χ0v) is 18.6. The molecule has 5 rings (SSSR count). The number of rotatable bonds is 6. The summed E-state index contributed by atoms with van der Waals surface area (Å²) < 4.78 is 0. The molecule has 4 heteroatoms. The summed E-state index contributed by atoms with van der Waals surface area (Å²) >= 11 is 0. The standard InChI is InChI=1S/C26H38N2O2/c1-3-26(30)15-20-10-7-11-25(14-20,17-26)23(27-16-19-8-5-4-6-9-19)24(29)28-18(2)12-21-13-22(21)28/h4-6,8-9,18,20-23,27,30H,3,7,10-17H2,1-2H3. The molecular weight excluding hydrogens is 372 g/mol. The maximum absolute atomic E-state index is 14.1.